The average Bonchev–Trinajstić information content (AvgIpc) is 2.97. The number of aromatic carboxylic acids is 1. The molecular weight excluding hydrogens is 223 g/mol. The van der Waals surface area contributed by atoms with Gasteiger partial charge in [-0.15, -0.1) is 0 Å². The molecule has 86 valence electrons. The van der Waals surface area contributed by atoms with E-state index in [2.05, 4.69) is 4.98 Å². The van der Waals surface area contributed by atoms with Gasteiger partial charge in [0.25, 0.3) is 0 Å². The summed E-state index contributed by atoms with van der Waals surface area (Å²) < 4.78 is 38.1. The summed E-state index contributed by atoms with van der Waals surface area (Å²) in [5.74, 6) is -1.25. The van der Waals surface area contributed by atoms with Crippen LogP contribution in [-0.4, -0.2) is 22.2 Å². The van der Waals surface area contributed by atoms with Crippen LogP contribution < -0.4 is 0 Å². The Balaban J connectivity index is 2.33. The van der Waals surface area contributed by atoms with Gasteiger partial charge < -0.3 is 5.11 Å². The first-order chi connectivity index (χ1) is 7.37. The summed E-state index contributed by atoms with van der Waals surface area (Å²) in [6.07, 6.45) is -3.20. The van der Waals surface area contributed by atoms with E-state index < -0.39 is 17.6 Å². The highest BCUT2D eigenvalue weighted by Crippen LogP contribution is 2.58. The molecule has 0 spiro atoms. The monoisotopic (exact) mass is 231 g/mol. The van der Waals surface area contributed by atoms with Crippen LogP contribution in [0.25, 0.3) is 0 Å². The van der Waals surface area contributed by atoms with Crippen molar-refractivity contribution in [3.05, 3.63) is 29.6 Å². The topological polar surface area (TPSA) is 50.2 Å². The number of aromatic nitrogens is 1. The summed E-state index contributed by atoms with van der Waals surface area (Å²) in [5, 5.41) is 8.57. The molecule has 0 aromatic carbocycles. The predicted octanol–water partition coefficient (Wildman–Crippen LogP) is 2.37. The molecule has 1 N–H and O–H groups in total. The highest BCUT2D eigenvalue weighted by molar-refractivity contribution is 5.85. The molecular formula is C10H8F3NO2. The van der Waals surface area contributed by atoms with Crippen molar-refractivity contribution < 1.29 is 23.1 Å². The van der Waals surface area contributed by atoms with E-state index in [4.69, 9.17) is 5.11 Å². The summed E-state index contributed by atoms with van der Waals surface area (Å²) in [6.45, 7) is 0. The molecule has 16 heavy (non-hydrogen) atoms. The lowest BCUT2D eigenvalue weighted by Gasteiger charge is -2.18. The summed E-state index contributed by atoms with van der Waals surface area (Å²) in [6, 6.07) is 2.29. The number of alkyl halides is 3. The summed E-state index contributed by atoms with van der Waals surface area (Å²) in [7, 11) is 0. The minimum absolute atomic E-state index is 0.0462. The van der Waals surface area contributed by atoms with Crippen LogP contribution in [0.3, 0.4) is 0 Å². The van der Waals surface area contributed by atoms with Gasteiger partial charge in [0.15, 0.2) is 0 Å². The van der Waals surface area contributed by atoms with Gasteiger partial charge in [-0.2, -0.15) is 13.2 Å². The molecule has 0 unspecified atom stereocenters. The number of carboxylic acid groups (broad SMARTS) is 1. The largest absolute Gasteiger partial charge is 0.477 e. The predicted molar refractivity (Wildman–Crippen MR) is 48.2 cm³/mol. The average molecular weight is 231 g/mol. The number of halogens is 3. The Hall–Kier alpha value is -1.59. The molecule has 6 heteroatoms. The van der Waals surface area contributed by atoms with Crippen LogP contribution in [-0.2, 0) is 5.41 Å². The Morgan fingerprint density at radius 1 is 1.38 bits per heavy atom. The first-order valence-electron chi connectivity index (χ1n) is 4.63. The number of carboxylic acids is 1. The van der Waals surface area contributed by atoms with Crippen molar-refractivity contribution in [2.24, 2.45) is 0 Å². The van der Waals surface area contributed by atoms with E-state index >= 15 is 0 Å². The van der Waals surface area contributed by atoms with Crippen LogP contribution >= 0.6 is 0 Å². The lowest BCUT2D eigenvalue weighted by molar-refractivity contribution is -0.160. The molecule has 3 nitrogen and oxygen atoms in total. The van der Waals surface area contributed by atoms with Crippen LogP contribution in [0, 0.1) is 0 Å². The Labute approximate surface area is 88.9 Å². The zero-order valence-corrected chi connectivity index (χ0v) is 8.08. The highest BCUT2D eigenvalue weighted by Gasteiger charge is 2.64. The quantitative estimate of drug-likeness (QED) is 0.850. The molecule has 1 fully saturated rings. The lowest BCUT2D eigenvalue weighted by atomic mass is 9.97. The van der Waals surface area contributed by atoms with Gasteiger partial charge in [-0.3, -0.25) is 0 Å². The van der Waals surface area contributed by atoms with Crippen molar-refractivity contribution in [2.75, 3.05) is 0 Å². The highest BCUT2D eigenvalue weighted by atomic mass is 19.4. The minimum Gasteiger partial charge on any atom is -0.477 e. The molecule has 0 amide bonds. The summed E-state index contributed by atoms with van der Waals surface area (Å²) >= 11 is 0. The van der Waals surface area contributed by atoms with Crippen LogP contribution in [0.2, 0.25) is 0 Å². The van der Waals surface area contributed by atoms with Crippen molar-refractivity contribution in [1.82, 2.24) is 4.98 Å². The molecule has 0 atom stereocenters. The van der Waals surface area contributed by atoms with Crippen molar-refractivity contribution in [2.45, 2.75) is 24.4 Å². The van der Waals surface area contributed by atoms with Gasteiger partial charge in [0.2, 0.25) is 0 Å². The lowest BCUT2D eigenvalue weighted by Crippen LogP contribution is -2.28. The Morgan fingerprint density at radius 3 is 2.31 bits per heavy atom. The maximum Gasteiger partial charge on any atom is 0.398 e. The molecule has 0 radical (unpaired) electrons. The number of hydrogen-bond donors (Lipinski definition) is 1. The molecule has 1 heterocycles. The van der Waals surface area contributed by atoms with Crippen molar-refractivity contribution in [1.29, 1.82) is 0 Å². The fourth-order valence-corrected chi connectivity index (χ4v) is 1.66. The van der Waals surface area contributed by atoms with Gasteiger partial charge in [-0.25, -0.2) is 9.78 Å². The van der Waals surface area contributed by atoms with Crippen molar-refractivity contribution in [3.63, 3.8) is 0 Å². The Morgan fingerprint density at radius 2 is 2.00 bits per heavy atom. The third-order valence-corrected chi connectivity index (χ3v) is 2.83. The maximum atomic E-state index is 12.7. The first kappa shape index (κ1) is 10.9. The molecule has 1 aromatic heterocycles. The fourth-order valence-electron chi connectivity index (χ4n) is 1.66. The summed E-state index contributed by atoms with van der Waals surface area (Å²) in [4.78, 5) is 14.0. The second kappa shape index (κ2) is 3.20. The number of hydrogen-bond acceptors (Lipinski definition) is 2. The van der Waals surface area contributed by atoms with Crippen molar-refractivity contribution in [3.8, 4) is 0 Å². The Kier molecular flexibility index (Phi) is 2.18. The number of nitrogens with zero attached hydrogens (tertiary/aromatic N) is 1. The minimum atomic E-state index is -4.29. The van der Waals surface area contributed by atoms with E-state index in [9.17, 15) is 18.0 Å². The number of rotatable bonds is 2. The zero-order chi connectivity index (χ0) is 12.0. The van der Waals surface area contributed by atoms with E-state index in [-0.39, 0.29) is 24.1 Å². The zero-order valence-electron chi connectivity index (χ0n) is 8.08. The smallest absolute Gasteiger partial charge is 0.398 e. The molecule has 1 aliphatic rings. The SMILES string of the molecule is O=C(O)c1ccc(C2(C(F)(F)F)CC2)cn1. The molecule has 0 saturated heterocycles. The molecule has 1 aromatic rings. The molecule has 1 saturated carbocycles. The standard InChI is InChI=1S/C10H8F3NO2/c11-10(12,13)9(3-4-9)6-1-2-7(8(15)16)14-5-6/h1-2,5H,3-4H2,(H,15,16). The van der Waals surface area contributed by atoms with Gasteiger partial charge in [0.1, 0.15) is 5.69 Å². The molecule has 2 rings (SSSR count). The van der Waals surface area contributed by atoms with Gasteiger partial charge in [-0.05, 0) is 24.5 Å². The van der Waals surface area contributed by atoms with Crippen LogP contribution in [0.5, 0.6) is 0 Å². The Bertz CT molecular complexity index is 421. The van der Waals surface area contributed by atoms with E-state index in [0.717, 1.165) is 12.3 Å². The van der Waals surface area contributed by atoms with E-state index in [1.807, 2.05) is 0 Å². The third kappa shape index (κ3) is 1.54. The second-order valence-corrected chi connectivity index (χ2v) is 3.82. The van der Waals surface area contributed by atoms with Crippen LogP contribution in [0.1, 0.15) is 28.9 Å². The van der Waals surface area contributed by atoms with E-state index in [1.54, 1.807) is 0 Å². The van der Waals surface area contributed by atoms with Gasteiger partial charge in [0.05, 0.1) is 5.41 Å². The van der Waals surface area contributed by atoms with Gasteiger partial charge >= 0.3 is 12.1 Å². The van der Waals surface area contributed by atoms with E-state index in [0.29, 0.717) is 0 Å². The second-order valence-electron chi connectivity index (χ2n) is 3.82. The summed E-state index contributed by atoms with van der Waals surface area (Å²) in [5.41, 5.74) is -2.00. The number of carbonyl (C=O) groups is 1. The first-order valence-corrected chi connectivity index (χ1v) is 4.63. The van der Waals surface area contributed by atoms with Crippen molar-refractivity contribution >= 4 is 5.97 Å². The maximum absolute atomic E-state index is 12.7. The van der Waals surface area contributed by atoms with Gasteiger partial charge in [0, 0.05) is 6.20 Å². The van der Waals surface area contributed by atoms with E-state index in [1.165, 1.54) is 6.07 Å². The van der Waals surface area contributed by atoms with Crippen LogP contribution in [0.4, 0.5) is 13.2 Å². The van der Waals surface area contributed by atoms with Gasteiger partial charge in [-0.1, -0.05) is 6.07 Å². The normalized spacial score (nSPS) is 18.2. The molecule has 1 aliphatic carbocycles. The van der Waals surface area contributed by atoms with Crippen LogP contribution in [0.15, 0.2) is 18.3 Å². The number of pyridine rings is 1. The molecule has 0 aliphatic heterocycles. The molecule has 0 bridgehead atoms. The third-order valence-electron chi connectivity index (χ3n) is 2.83. The fraction of sp³-hybridized carbons (Fsp3) is 0.400.